The molecule has 1 aromatic carbocycles. The predicted octanol–water partition coefficient (Wildman–Crippen LogP) is 7.78. The predicted molar refractivity (Wildman–Crippen MR) is 166 cm³/mol. The van der Waals surface area contributed by atoms with Crippen molar-refractivity contribution < 1.29 is 4.79 Å². The molecule has 1 aromatic heterocycles. The second-order valence-corrected chi connectivity index (χ2v) is 14.7. The summed E-state index contributed by atoms with van der Waals surface area (Å²) in [6.07, 6.45) is 14.8. The molecule has 0 spiro atoms. The molecular weight excluding hydrogens is 542 g/mol. The summed E-state index contributed by atoms with van der Waals surface area (Å²) in [5.74, 6) is 3.17. The number of nitrogens with zero attached hydrogens (tertiary/aromatic N) is 2. The fourth-order valence-electron chi connectivity index (χ4n) is 8.50. The number of thiocarbonyl (C=S) groups is 1. The van der Waals surface area contributed by atoms with Crippen molar-refractivity contribution in [1.82, 2.24) is 14.8 Å². The molecule has 4 bridgehead atoms. The van der Waals surface area contributed by atoms with Gasteiger partial charge in [-0.25, -0.2) is 0 Å². The van der Waals surface area contributed by atoms with Crippen molar-refractivity contribution in [3.8, 4) is 11.3 Å². The molecule has 2 aromatic rings. The molecule has 6 fully saturated rings. The average molecular weight is 580 g/mol. The van der Waals surface area contributed by atoms with Crippen molar-refractivity contribution in [2.75, 3.05) is 19.6 Å². The number of hydrogen-bond acceptors (Lipinski definition) is 4. The lowest BCUT2D eigenvalue weighted by Gasteiger charge is -2.56. The lowest BCUT2D eigenvalue weighted by atomic mass is 9.54. The first-order valence-corrected chi connectivity index (χ1v) is 16.6. The first-order chi connectivity index (χ1) is 19.0. The summed E-state index contributed by atoms with van der Waals surface area (Å²) in [6.45, 7) is 3.59. The summed E-state index contributed by atoms with van der Waals surface area (Å²) in [5, 5.41) is 0.737. The van der Waals surface area contributed by atoms with E-state index < -0.39 is 0 Å². The molecule has 3 heterocycles. The minimum Gasteiger partial charge on any atom is -0.355 e. The summed E-state index contributed by atoms with van der Waals surface area (Å²) in [6, 6.07) is 10.6. The fourth-order valence-corrected chi connectivity index (χ4v) is 9.95. The summed E-state index contributed by atoms with van der Waals surface area (Å²) in [4.78, 5) is 23.0. The van der Waals surface area contributed by atoms with E-state index in [1.165, 1.54) is 81.8 Å². The van der Waals surface area contributed by atoms with Gasteiger partial charge in [0.1, 0.15) is 4.32 Å². The Bertz CT molecular complexity index is 1250. The number of aromatic amines is 1. The highest BCUT2D eigenvalue weighted by Gasteiger charge is 2.53. The lowest BCUT2D eigenvalue weighted by Crippen LogP contribution is -2.57. The van der Waals surface area contributed by atoms with Crippen molar-refractivity contribution in [3.63, 3.8) is 0 Å². The van der Waals surface area contributed by atoms with Crippen LogP contribution in [0, 0.1) is 23.7 Å². The highest BCUT2D eigenvalue weighted by molar-refractivity contribution is 8.26. The zero-order chi connectivity index (χ0) is 26.5. The van der Waals surface area contributed by atoms with Gasteiger partial charge in [-0.1, -0.05) is 54.1 Å². The number of piperidine rings is 1. The monoisotopic (exact) mass is 579 g/mol. The minimum absolute atomic E-state index is 0.129. The number of halogens is 1. The van der Waals surface area contributed by atoms with Crippen LogP contribution in [0.25, 0.3) is 17.3 Å². The van der Waals surface area contributed by atoms with Gasteiger partial charge in [-0.15, -0.1) is 0 Å². The van der Waals surface area contributed by atoms with Crippen molar-refractivity contribution >= 4 is 51.9 Å². The number of thioether (sulfide) groups is 1. The Labute approximate surface area is 246 Å². The van der Waals surface area contributed by atoms with Gasteiger partial charge in [0.15, 0.2) is 0 Å². The van der Waals surface area contributed by atoms with E-state index in [4.69, 9.17) is 23.8 Å². The van der Waals surface area contributed by atoms with Crippen LogP contribution in [0.2, 0.25) is 5.02 Å². The number of benzene rings is 1. The molecule has 6 aliphatic rings. The molecule has 2 aliphatic heterocycles. The van der Waals surface area contributed by atoms with E-state index in [1.807, 2.05) is 17.0 Å². The normalized spacial score (nSPS) is 31.7. The molecule has 7 heteroatoms. The molecule has 39 heavy (non-hydrogen) atoms. The number of rotatable bonds is 7. The second kappa shape index (κ2) is 11.0. The molecule has 1 N–H and O–H groups in total. The number of likely N-dealkylation sites (tertiary alicyclic amines) is 1. The number of H-pyrrole nitrogens is 1. The van der Waals surface area contributed by atoms with Gasteiger partial charge in [0.2, 0.25) is 0 Å². The fraction of sp³-hybridized carbons (Fsp3) is 0.562. The first kappa shape index (κ1) is 26.3. The van der Waals surface area contributed by atoms with E-state index in [0.717, 1.165) is 62.4 Å². The molecule has 4 nitrogen and oxygen atoms in total. The summed E-state index contributed by atoms with van der Waals surface area (Å²) >= 11 is 13.5. The van der Waals surface area contributed by atoms with Gasteiger partial charge in [-0.05, 0) is 136 Å². The molecule has 4 aliphatic carbocycles. The zero-order valence-electron chi connectivity index (χ0n) is 22.5. The number of carbonyl (C=O) groups is 1. The van der Waals surface area contributed by atoms with E-state index in [9.17, 15) is 4.79 Å². The average Bonchev–Trinajstić information content (AvgIpc) is 3.45. The third-order valence-corrected chi connectivity index (χ3v) is 11.6. The Morgan fingerprint density at radius 3 is 2.38 bits per heavy atom. The molecule has 0 radical (unpaired) electrons. The van der Waals surface area contributed by atoms with Gasteiger partial charge < -0.3 is 9.88 Å². The molecule has 206 valence electrons. The van der Waals surface area contributed by atoms with Gasteiger partial charge in [0.25, 0.3) is 5.91 Å². The van der Waals surface area contributed by atoms with E-state index in [1.54, 1.807) is 0 Å². The summed E-state index contributed by atoms with van der Waals surface area (Å²) in [5.41, 5.74) is 4.50. The van der Waals surface area contributed by atoms with Gasteiger partial charge in [-0.3, -0.25) is 9.69 Å². The van der Waals surface area contributed by atoms with Gasteiger partial charge in [0, 0.05) is 22.5 Å². The second-order valence-electron chi connectivity index (χ2n) is 12.6. The van der Waals surface area contributed by atoms with Crippen LogP contribution in [-0.4, -0.2) is 50.7 Å². The molecule has 4 saturated carbocycles. The van der Waals surface area contributed by atoms with Gasteiger partial charge in [0.05, 0.1) is 4.91 Å². The van der Waals surface area contributed by atoms with Crippen molar-refractivity contribution in [3.05, 3.63) is 51.5 Å². The Morgan fingerprint density at radius 2 is 1.69 bits per heavy atom. The number of carbonyl (C=O) groups excluding carboxylic acids is 1. The van der Waals surface area contributed by atoms with Crippen molar-refractivity contribution in [2.24, 2.45) is 23.7 Å². The number of hydrogen-bond donors (Lipinski definition) is 1. The molecule has 0 atom stereocenters. The van der Waals surface area contributed by atoms with Crippen LogP contribution in [0.15, 0.2) is 35.2 Å². The Hall–Kier alpha value is -1.60. The van der Waals surface area contributed by atoms with Crippen LogP contribution in [-0.2, 0) is 11.2 Å². The van der Waals surface area contributed by atoms with Crippen LogP contribution < -0.4 is 0 Å². The molecular formula is C32H38ClN3OS2. The van der Waals surface area contributed by atoms with Crippen LogP contribution >= 0.6 is 35.6 Å². The maximum Gasteiger partial charge on any atom is 0.266 e. The molecule has 0 unspecified atom stereocenters. The maximum atomic E-state index is 13.9. The molecule has 2 saturated heterocycles. The summed E-state index contributed by atoms with van der Waals surface area (Å²) < 4.78 is 0.764. The standard InChI is InChI=1S/C32H38ClN3OS2/c33-26-8-6-22(7-9-26)27-18-23(5-4-12-35-10-2-1-3-11-35)28(34-27)19-29-31(37)36(32(38)39-29)30-24-14-20-13-21(16-24)17-25(30)15-20/h6-9,18-21,24-25,30,34H,1-5,10-17H2/b29-19-. The third kappa shape index (κ3) is 5.27. The summed E-state index contributed by atoms with van der Waals surface area (Å²) in [7, 11) is 0. The maximum absolute atomic E-state index is 13.9. The first-order valence-electron chi connectivity index (χ1n) is 15.0. The zero-order valence-corrected chi connectivity index (χ0v) is 24.9. The number of aryl methyl sites for hydroxylation is 1. The number of nitrogens with one attached hydrogen (secondary N) is 1. The number of aromatic nitrogens is 1. The third-order valence-electron chi connectivity index (χ3n) is 10.0. The van der Waals surface area contributed by atoms with Crippen LogP contribution in [0.1, 0.15) is 69.0 Å². The molecule has 8 rings (SSSR count). The van der Waals surface area contributed by atoms with E-state index in [2.05, 4.69) is 34.2 Å². The quantitative estimate of drug-likeness (QED) is 0.268. The van der Waals surface area contributed by atoms with Gasteiger partial charge in [-0.2, -0.15) is 0 Å². The van der Waals surface area contributed by atoms with E-state index in [0.29, 0.717) is 17.9 Å². The van der Waals surface area contributed by atoms with Crippen molar-refractivity contribution in [1.29, 1.82) is 0 Å². The SMILES string of the molecule is O=C1/C(=C/c2[nH]c(-c3ccc(Cl)cc3)cc2CCCN2CCCCC2)SC(=S)N1C1C2CC3CC(C2)CC1C3. The van der Waals surface area contributed by atoms with Crippen LogP contribution in [0.5, 0.6) is 0 Å². The van der Waals surface area contributed by atoms with Gasteiger partial charge >= 0.3 is 0 Å². The highest BCUT2D eigenvalue weighted by Crippen LogP contribution is 2.56. The smallest absolute Gasteiger partial charge is 0.266 e. The largest absolute Gasteiger partial charge is 0.355 e. The minimum atomic E-state index is 0.129. The highest BCUT2D eigenvalue weighted by atomic mass is 35.5. The Kier molecular flexibility index (Phi) is 7.42. The van der Waals surface area contributed by atoms with Crippen LogP contribution in [0.3, 0.4) is 0 Å². The van der Waals surface area contributed by atoms with E-state index >= 15 is 0 Å². The van der Waals surface area contributed by atoms with Crippen molar-refractivity contribution in [2.45, 2.75) is 70.3 Å². The lowest BCUT2D eigenvalue weighted by molar-refractivity contribution is -0.130. The topological polar surface area (TPSA) is 39.3 Å². The Morgan fingerprint density at radius 1 is 1.00 bits per heavy atom. The molecule has 1 amide bonds. The van der Waals surface area contributed by atoms with E-state index in [-0.39, 0.29) is 5.91 Å². The Balaban J connectivity index is 1.14. The van der Waals surface area contributed by atoms with Crippen LogP contribution in [0.4, 0.5) is 0 Å². The number of amides is 1.